The van der Waals surface area contributed by atoms with E-state index in [1.807, 2.05) is 13.0 Å². The highest BCUT2D eigenvalue weighted by molar-refractivity contribution is 6.34. The van der Waals surface area contributed by atoms with Gasteiger partial charge in [0, 0.05) is 56.1 Å². The molecule has 1 saturated carbocycles. The first-order valence-electron chi connectivity index (χ1n) is 11.0. The second-order valence-corrected chi connectivity index (χ2v) is 8.78. The Morgan fingerprint density at radius 3 is 2.50 bits per heavy atom. The molecule has 2 aromatic rings. The number of rotatable bonds is 5. The lowest BCUT2D eigenvalue weighted by Gasteiger charge is -2.35. The van der Waals surface area contributed by atoms with E-state index in [4.69, 9.17) is 16.6 Å². The smallest absolute Gasteiger partial charge is 0.270 e. The molecule has 4 rings (SSSR count). The summed E-state index contributed by atoms with van der Waals surface area (Å²) in [4.78, 5) is 36.4. The molecule has 1 aliphatic heterocycles. The lowest BCUT2D eigenvalue weighted by atomic mass is 9.96. The van der Waals surface area contributed by atoms with E-state index in [0.717, 1.165) is 24.4 Å². The first-order chi connectivity index (χ1) is 15.4. The number of nitrogens with one attached hydrogen (secondary N) is 1. The predicted octanol–water partition coefficient (Wildman–Crippen LogP) is 4.05. The molecule has 1 aliphatic carbocycles. The van der Waals surface area contributed by atoms with Gasteiger partial charge >= 0.3 is 0 Å². The number of benzene rings is 1. The van der Waals surface area contributed by atoms with Gasteiger partial charge in [-0.15, -0.1) is 0 Å². The first kappa shape index (κ1) is 22.3. The van der Waals surface area contributed by atoms with Crippen LogP contribution in [0.1, 0.15) is 48.2 Å². The van der Waals surface area contributed by atoms with Crippen LogP contribution in [0.25, 0.3) is 0 Å². The van der Waals surface area contributed by atoms with Crippen molar-refractivity contribution in [3.05, 3.63) is 50.7 Å². The topological polar surface area (TPSA) is 104 Å². The molecule has 9 nitrogen and oxygen atoms in total. The Kier molecular flexibility index (Phi) is 6.74. The third-order valence-electron chi connectivity index (χ3n) is 6.06. The number of nitrogens with zero attached hydrogens (tertiary/aromatic N) is 5. The molecular formula is C22H27ClN6O3. The van der Waals surface area contributed by atoms with E-state index in [2.05, 4.69) is 15.2 Å². The van der Waals surface area contributed by atoms with Gasteiger partial charge in [-0.3, -0.25) is 14.9 Å². The fourth-order valence-electron chi connectivity index (χ4n) is 4.31. The number of aryl methyl sites for hydroxylation is 1. The maximum atomic E-state index is 12.9. The van der Waals surface area contributed by atoms with Crippen LogP contribution in [0, 0.1) is 17.0 Å². The SMILES string of the molecule is Cc1cc(N2CCN(C(=O)c3ccc([N+](=O)[O-])cc3Cl)CC2)nc(NC2CCCCC2)n1. The van der Waals surface area contributed by atoms with Crippen molar-refractivity contribution in [3.8, 4) is 0 Å². The van der Waals surface area contributed by atoms with Crippen molar-refractivity contribution in [2.75, 3.05) is 36.4 Å². The Balaban J connectivity index is 1.40. The molecule has 0 unspecified atom stereocenters. The number of anilines is 2. The summed E-state index contributed by atoms with van der Waals surface area (Å²) in [5.74, 6) is 1.31. The van der Waals surface area contributed by atoms with Gasteiger partial charge in [-0.2, -0.15) is 4.98 Å². The van der Waals surface area contributed by atoms with Crippen molar-refractivity contribution in [2.24, 2.45) is 0 Å². The van der Waals surface area contributed by atoms with Gasteiger partial charge in [0.15, 0.2) is 0 Å². The van der Waals surface area contributed by atoms with E-state index in [-0.39, 0.29) is 22.2 Å². The minimum Gasteiger partial charge on any atom is -0.353 e. The van der Waals surface area contributed by atoms with Crippen LogP contribution in [-0.2, 0) is 0 Å². The highest BCUT2D eigenvalue weighted by atomic mass is 35.5. The monoisotopic (exact) mass is 458 g/mol. The summed E-state index contributed by atoms with van der Waals surface area (Å²) in [5, 5.41) is 14.5. The summed E-state index contributed by atoms with van der Waals surface area (Å²) in [6.45, 7) is 4.26. The zero-order chi connectivity index (χ0) is 22.7. The Bertz CT molecular complexity index is 1000. The van der Waals surface area contributed by atoms with Crippen molar-refractivity contribution in [3.63, 3.8) is 0 Å². The predicted molar refractivity (Wildman–Crippen MR) is 123 cm³/mol. The zero-order valence-corrected chi connectivity index (χ0v) is 18.8. The number of non-ortho nitro benzene ring substituents is 1. The molecule has 1 amide bonds. The second-order valence-electron chi connectivity index (χ2n) is 8.37. The van der Waals surface area contributed by atoms with E-state index in [1.54, 1.807) is 4.90 Å². The first-order valence-corrected chi connectivity index (χ1v) is 11.4. The highest BCUT2D eigenvalue weighted by Crippen LogP contribution is 2.25. The van der Waals surface area contributed by atoms with Gasteiger partial charge < -0.3 is 15.1 Å². The largest absolute Gasteiger partial charge is 0.353 e. The molecule has 0 atom stereocenters. The van der Waals surface area contributed by atoms with Crippen LogP contribution in [0.15, 0.2) is 24.3 Å². The molecule has 10 heteroatoms. The van der Waals surface area contributed by atoms with Gasteiger partial charge in [0.1, 0.15) is 5.82 Å². The number of amides is 1. The summed E-state index contributed by atoms with van der Waals surface area (Å²) in [6, 6.07) is 6.34. The third kappa shape index (κ3) is 5.09. The lowest BCUT2D eigenvalue weighted by Crippen LogP contribution is -2.49. The van der Waals surface area contributed by atoms with Crippen molar-refractivity contribution in [1.82, 2.24) is 14.9 Å². The summed E-state index contributed by atoms with van der Waals surface area (Å²) in [7, 11) is 0. The molecule has 2 aliphatic rings. The zero-order valence-electron chi connectivity index (χ0n) is 18.1. The normalized spacial score (nSPS) is 17.3. The summed E-state index contributed by atoms with van der Waals surface area (Å²) < 4.78 is 0. The van der Waals surface area contributed by atoms with Crippen LogP contribution in [0.3, 0.4) is 0 Å². The molecule has 32 heavy (non-hydrogen) atoms. The Labute approximate surface area is 191 Å². The van der Waals surface area contributed by atoms with Gasteiger partial charge in [-0.25, -0.2) is 4.98 Å². The van der Waals surface area contributed by atoms with Crippen molar-refractivity contribution >= 4 is 35.0 Å². The average Bonchev–Trinajstić information content (AvgIpc) is 2.79. The number of carbonyl (C=O) groups is 1. The van der Waals surface area contributed by atoms with Gasteiger partial charge in [0.25, 0.3) is 11.6 Å². The molecule has 2 fully saturated rings. The lowest BCUT2D eigenvalue weighted by molar-refractivity contribution is -0.384. The maximum absolute atomic E-state index is 12.9. The van der Waals surface area contributed by atoms with Gasteiger partial charge in [-0.05, 0) is 25.8 Å². The molecule has 1 aromatic heterocycles. The van der Waals surface area contributed by atoms with Crippen molar-refractivity contribution in [2.45, 2.75) is 45.1 Å². The Hall–Kier alpha value is -2.94. The third-order valence-corrected chi connectivity index (χ3v) is 6.38. The molecule has 0 bridgehead atoms. The number of nitro groups is 1. The number of nitro benzene ring substituents is 1. The molecule has 170 valence electrons. The van der Waals surface area contributed by atoms with Crippen LogP contribution >= 0.6 is 11.6 Å². The summed E-state index contributed by atoms with van der Waals surface area (Å²) >= 11 is 6.14. The summed E-state index contributed by atoms with van der Waals surface area (Å²) in [6.07, 6.45) is 6.08. The van der Waals surface area contributed by atoms with E-state index < -0.39 is 4.92 Å². The van der Waals surface area contributed by atoms with Crippen LogP contribution in [0.5, 0.6) is 0 Å². The Morgan fingerprint density at radius 2 is 1.84 bits per heavy atom. The molecule has 1 N–H and O–H groups in total. The van der Waals surface area contributed by atoms with Gasteiger partial charge in [-0.1, -0.05) is 30.9 Å². The Morgan fingerprint density at radius 1 is 1.12 bits per heavy atom. The van der Waals surface area contributed by atoms with Crippen molar-refractivity contribution < 1.29 is 9.72 Å². The van der Waals surface area contributed by atoms with Crippen LogP contribution in [-0.4, -0.2) is 57.9 Å². The number of aromatic nitrogens is 2. The number of halogens is 1. The molecule has 1 aromatic carbocycles. The minimum absolute atomic E-state index is 0.0940. The van der Waals surface area contributed by atoms with E-state index in [1.165, 1.54) is 37.5 Å². The van der Waals surface area contributed by atoms with Crippen LogP contribution in [0.2, 0.25) is 5.02 Å². The van der Waals surface area contributed by atoms with E-state index in [0.29, 0.717) is 38.2 Å². The fourth-order valence-corrected chi connectivity index (χ4v) is 4.56. The number of piperazine rings is 1. The molecule has 0 radical (unpaired) electrons. The number of hydrogen-bond donors (Lipinski definition) is 1. The number of hydrogen-bond acceptors (Lipinski definition) is 7. The maximum Gasteiger partial charge on any atom is 0.270 e. The van der Waals surface area contributed by atoms with Crippen molar-refractivity contribution in [1.29, 1.82) is 0 Å². The average molecular weight is 459 g/mol. The second kappa shape index (κ2) is 9.68. The molecule has 0 spiro atoms. The quantitative estimate of drug-likeness (QED) is 0.532. The molecule has 2 heterocycles. The molecule has 1 saturated heterocycles. The highest BCUT2D eigenvalue weighted by Gasteiger charge is 2.26. The van der Waals surface area contributed by atoms with Gasteiger partial charge in [0.2, 0.25) is 5.95 Å². The standard InChI is InChI=1S/C22H27ClN6O3/c1-15-13-20(26-22(24-15)25-16-5-3-2-4-6-16)27-9-11-28(12-10-27)21(30)18-8-7-17(29(31)32)14-19(18)23/h7-8,13-14,16H,2-6,9-12H2,1H3,(H,24,25,26). The van der Waals surface area contributed by atoms with E-state index in [9.17, 15) is 14.9 Å². The number of carbonyl (C=O) groups excluding carboxylic acids is 1. The van der Waals surface area contributed by atoms with Crippen LogP contribution < -0.4 is 10.2 Å². The van der Waals surface area contributed by atoms with Crippen LogP contribution in [0.4, 0.5) is 17.5 Å². The van der Waals surface area contributed by atoms with Gasteiger partial charge in [0.05, 0.1) is 15.5 Å². The summed E-state index contributed by atoms with van der Waals surface area (Å²) in [5.41, 5.74) is 1.06. The molecular weight excluding hydrogens is 432 g/mol. The van der Waals surface area contributed by atoms with E-state index >= 15 is 0 Å². The minimum atomic E-state index is -0.528. The fraction of sp³-hybridized carbons (Fsp3) is 0.500.